The maximum atomic E-state index is 12.7. The Morgan fingerprint density at radius 2 is 1.93 bits per heavy atom. The number of nitriles is 1. The third kappa shape index (κ3) is 6.03. The van der Waals surface area contributed by atoms with Crippen LogP contribution in [0.2, 0.25) is 0 Å². The molecule has 1 atom stereocenters. The molecule has 0 aliphatic carbocycles. The van der Waals surface area contributed by atoms with Gasteiger partial charge >= 0.3 is 0 Å². The molecule has 0 bridgehead atoms. The van der Waals surface area contributed by atoms with Crippen LogP contribution in [0.25, 0.3) is 10.8 Å². The first-order valence-corrected chi connectivity index (χ1v) is 11.9. The van der Waals surface area contributed by atoms with E-state index in [-0.39, 0.29) is 11.9 Å². The topological polar surface area (TPSA) is 110 Å². The Morgan fingerprint density at radius 3 is 2.60 bits per heavy atom. The molecule has 1 aliphatic rings. The Kier molecular flexibility index (Phi) is 6.72. The van der Waals surface area contributed by atoms with Crippen LogP contribution >= 0.6 is 11.3 Å². The number of nitrogens with one attached hydrogen (secondary N) is 1. The Balaban J connectivity index is 0.000000461. The van der Waals surface area contributed by atoms with Gasteiger partial charge in [0.1, 0.15) is 17.0 Å². The molecule has 9 heteroatoms. The first-order valence-electron chi connectivity index (χ1n) is 9.17. The Bertz CT molecular complexity index is 1190. The van der Waals surface area contributed by atoms with E-state index in [4.69, 9.17) is 9.81 Å². The molecule has 1 aliphatic heterocycles. The molecule has 0 saturated carbocycles. The number of amides is 1. The van der Waals surface area contributed by atoms with Crippen LogP contribution in [-0.2, 0) is 21.5 Å². The molecule has 7 nitrogen and oxygen atoms in total. The number of benzene rings is 2. The van der Waals surface area contributed by atoms with Crippen LogP contribution in [0.5, 0.6) is 0 Å². The minimum Gasteiger partial charge on any atom is -0.374 e. The van der Waals surface area contributed by atoms with E-state index in [1.165, 1.54) is 16.7 Å². The molecule has 1 fully saturated rings. The Morgan fingerprint density at radius 1 is 1.23 bits per heavy atom. The monoisotopic (exact) mass is 443 g/mol. The molecule has 2 aromatic carbocycles. The van der Waals surface area contributed by atoms with Crippen molar-refractivity contribution in [3.8, 4) is 6.07 Å². The zero-order valence-corrected chi connectivity index (χ0v) is 17.9. The molecule has 3 aromatic rings. The number of hydrogen-bond donors (Lipinski definition) is 2. The molecule has 1 aromatic heterocycles. The fourth-order valence-electron chi connectivity index (χ4n) is 3.25. The summed E-state index contributed by atoms with van der Waals surface area (Å²) >= 11 is 1.42. The average molecular weight is 444 g/mol. The van der Waals surface area contributed by atoms with E-state index in [1.807, 2.05) is 34.5 Å². The second-order valence-electron chi connectivity index (χ2n) is 6.97. The SMILES string of the molecule is CS(=O)(=O)O.N#Cc1cc(CN2CC[C@H](Nc3ccc4ccccc4c3)C2=O)cs1. The lowest BCUT2D eigenvalue weighted by Crippen LogP contribution is -2.33. The maximum Gasteiger partial charge on any atom is 0.261 e. The summed E-state index contributed by atoms with van der Waals surface area (Å²) in [4.78, 5) is 15.2. The first-order chi connectivity index (χ1) is 14.2. The summed E-state index contributed by atoms with van der Waals surface area (Å²) in [5, 5.41) is 16.6. The van der Waals surface area contributed by atoms with Crippen LogP contribution in [0.3, 0.4) is 0 Å². The first kappa shape index (κ1) is 21.8. The van der Waals surface area contributed by atoms with Crippen molar-refractivity contribution in [2.45, 2.75) is 19.0 Å². The van der Waals surface area contributed by atoms with Gasteiger partial charge in [0, 0.05) is 18.8 Å². The second-order valence-corrected chi connectivity index (χ2v) is 9.35. The highest BCUT2D eigenvalue weighted by Gasteiger charge is 2.31. The number of anilines is 1. The van der Waals surface area contributed by atoms with Gasteiger partial charge < -0.3 is 10.2 Å². The molecule has 2 N–H and O–H groups in total. The predicted octanol–water partition coefficient (Wildman–Crippen LogP) is 3.49. The van der Waals surface area contributed by atoms with E-state index in [1.54, 1.807) is 0 Å². The van der Waals surface area contributed by atoms with Crippen molar-refractivity contribution in [3.63, 3.8) is 0 Å². The highest BCUT2D eigenvalue weighted by Crippen LogP contribution is 2.24. The number of carbonyl (C=O) groups excluding carboxylic acids is 1. The van der Waals surface area contributed by atoms with Crippen LogP contribution in [-0.4, -0.2) is 42.6 Å². The third-order valence-corrected chi connectivity index (χ3v) is 5.41. The van der Waals surface area contributed by atoms with Gasteiger partial charge in [0.2, 0.25) is 5.91 Å². The van der Waals surface area contributed by atoms with E-state index >= 15 is 0 Å². The summed E-state index contributed by atoms with van der Waals surface area (Å²) in [5.41, 5.74) is 2.00. The number of carbonyl (C=O) groups is 1. The molecule has 2 heterocycles. The van der Waals surface area contributed by atoms with Gasteiger partial charge in [-0.1, -0.05) is 30.3 Å². The van der Waals surface area contributed by atoms with Gasteiger partial charge in [-0.3, -0.25) is 9.35 Å². The molecule has 0 unspecified atom stereocenters. The summed E-state index contributed by atoms with van der Waals surface area (Å²) in [6.45, 7) is 1.31. The normalized spacial score (nSPS) is 16.1. The van der Waals surface area contributed by atoms with Gasteiger partial charge in [-0.2, -0.15) is 13.7 Å². The lowest BCUT2D eigenvalue weighted by Gasteiger charge is -2.17. The van der Waals surface area contributed by atoms with Crippen LogP contribution in [0.15, 0.2) is 53.9 Å². The van der Waals surface area contributed by atoms with Crippen molar-refractivity contribution >= 4 is 43.8 Å². The molecule has 156 valence electrons. The molecule has 30 heavy (non-hydrogen) atoms. The quantitative estimate of drug-likeness (QED) is 0.597. The van der Waals surface area contributed by atoms with Crippen molar-refractivity contribution in [1.29, 1.82) is 5.26 Å². The van der Waals surface area contributed by atoms with Crippen molar-refractivity contribution in [3.05, 3.63) is 64.4 Å². The van der Waals surface area contributed by atoms with E-state index in [0.717, 1.165) is 29.6 Å². The third-order valence-electron chi connectivity index (χ3n) is 4.53. The maximum absolute atomic E-state index is 12.7. The molecule has 0 radical (unpaired) electrons. The minimum atomic E-state index is -3.67. The van der Waals surface area contributed by atoms with Crippen molar-refractivity contribution < 1.29 is 17.8 Å². The Labute approximate surface area is 179 Å². The zero-order chi connectivity index (χ0) is 21.7. The highest BCUT2D eigenvalue weighted by molar-refractivity contribution is 7.85. The average Bonchev–Trinajstić information content (AvgIpc) is 3.28. The largest absolute Gasteiger partial charge is 0.374 e. The van der Waals surface area contributed by atoms with Gasteiger partial charge in [-0.05, 0) is 46.3 Å². The zero-order valence-electron chi connectivity index (χ0n) is 16.3. The van der Waals surface area contributed by atoms with Crippen LogP contribution in [0.1, 0.15) is 16.9 Å². The van der Waals surface area contributed by atoms with Crippen molar-refractivity contribution in [1.82, 2.24) is 4.90 Å². The molecular weight excluding hydrogens is 422 g/mol. The van der Waals surface area contributed by atoms with Gasteiger partial charge in [-0.25, -0.2) is 0 Å². The summed E-state index contributed by atoms with van der Waals surface area (Å²) < 4.78 is 25.9. The number of fused-ring (bicyclic) bond motifs is 1. The summed E-state index contributed by atoms with van der Waals surface area (Å²) in [6, 6.07) is 18.2. The summed E-state index contributed by atoms with van der Waals surface area (Å²) in [6.07, 6.45) is 1.51. The van der Waals surface area contributed by atoms with E-state index in [9.17, 15) is 13.2 Å². The minimum absolute atomic E-state index is 0.123. The molecular formula is C21H21N3O4S2. The fourth-order valence-corrected chi connectivity index (χ4v) is 3.94. The molecule has 1 saturated heterocycles. The number of rotatable bonds is 4. The van der Waals surface area contributed by atoms with Gasteiger partial charge in [0.05, 0.1) is 6.26 Å². The van der Waals surface area contributed by atoms with Gasteiger partial charge in [-0.15, -0.1) is 11.3 Å². The molecule has 4 rings (SSSR count). The summed E-state index contributed by atoms with van der Waals surface area (Å²) in [5.74, 6) is 0.123. The fraction of sp³-hybridized carbons (Fsp3) is 0.238. The Hall–Kier alpha value is -2.93. The number of nitrogens with zero attached hydrogens (tertiary/aromatic N) is 2. The predicted molar refractivity (Wildman–Crippen MR) is 118 cm³/mol. The van der Waals surface area contributed by atoms with E-state index < -0.39 is 10.1 Å². The standard InChI is InChI=1S/C20H17N3OS.CH4O3S/c21-11-18-9-14(13-25-18)12-23-8-7-19(20(23)24)22-17-6-5-15-3-1-2-4-16(15)10-17;1-5(2,3)4/h1-6,9-10,13,19,22H,7-8,12H2;1H3,(H,2,3,4)/t19-;/m0./s1. The lowest BCUT2D eigenvalue weighted by atomic mass is 10.1. The van der Waals surface area contributed by atoms with Gasteiger partial charge in [0.15, 0.2) is 0 Å². The highest BCUT2D eigenvalue weighted by atomic mass is 32.2. The van der Waals surface area contributed by atoms with Gasteiger partial charge in [0.25, 0.3) is 10.1 Å². The van der Waals surface area contributed by atoms with Crippen LogP contribution < -0.4 is 5.32 Å². The summed E-state index contributed by atoms with van der Waals surface area (Å²) in [7, 11) is -3.67. The molecule has 0 spiro atoms. The van der Waals surface area contributed by atoms with Crippen LogP contribution in [0, 0.1) is 11.3 Å². The smallest absolute Gasteiger partial charge is 0.261 e. The molecule has 1 amide bonds. The van der Waals surface area contributed by atoms with E-state index in [0.29, 0.717) is 17.7 Å². The van der Waals surface area contributed by atoms with E-state index in [2.05, 4.69) is 35.7 Å². The van der Waals surface area contributed by atoms with Crippen LogP contribution in [0.4, 0.5) is 5.69 Å². The number of hydrogen-bond acceptors (Lipinski definition) is 6. The van der Waals surface area contributed by atoms with Crippen molar-refractivity contribution in [2.75, 3.05) is 18.1 Å². The lowest BCUT2D eigenvalue weighted by molar-refractivity contribution is -0.128. The number of thiophene rings is 1. The number of likely N-dealkylation sites (tertiary alicyclic amines) is 1. The second kappa shape index (κ2) is 9.26. The van der Waals surface area contributed by atoms with Crippen molar-refractivity contribution in [2.24, 2.45) is 0 Å².